The molecule has 0 spiro atoms. The number of thioether (sulfide) groups is 1. The average molecular weight is 587 g/mol. The van der Waals surface area contributed by atoms with E-state index in [2.05, 4.69) is 17.1 Å². The summed E-state index contributed by atoms with van der Waals surface area (Å²) in [5, 5.41) is 4.57. The van der Waals surface area contributed by atoms with Gasteiger partial charge in [-0.1, -0.05) is 103 Å². The molecule has 0 bridgehead atoms. The molecule has 0 aliphatic carbocycles. The number of nitrogens with zero attached hydrogens (tertiary/aromatic N) is 3. The number of hydrogen-bond acceptors (Lipinski definition) is 6. The maximum absolute atomic E-state index is 13.7. The van der Waals surface area contributed by atoms with E-state index in [0.29, 0.717) is 18.8 Å². The van der Waals surface area contributed by atoms with Gasteiger partial charge in [-0.2, -0.15) is 0 Å². The Morgan fingerprint density at radius 1 is 0.897 bits per heavy atom. The fourth-order valence-electron chi connectivity index (χ4n) is 4.32. The number of aryl methyl sites for hydroxylation is 1. The van der Waals surface area contributed by atoms with Crippen LogP contribution in [-0.4, -0.2) is 63.2 Å². The van der Waals surface area contributed by atoms with Crippen molar-refractivity contribution >= 4 is 61.9 Å². The van der Waals surface area contributed by atoms with Gasteiger partial charge in [0, 0.05) is 61.0 Å². The van der Waals surface area contributed by atoms with Gasteiger partial charge in [-0.05, 0) is 34.9 Å². The van der Waals surface area contributed by atoms with E-state index >= 15 is 0 Å². The SMILES string of the molecule is CCSc1nc(C)c(Cc2ccccc2)c(=O)n1Cc1ccc(-c2ccccc2-c2noc(=O)[nH]2)cc1.Cl.[Ca]. The number of nitrogens with one attached hydrogen (secondary N) is 1. The molecule has 2 radical (unpaired) electrons. The molecular weight excluding hydrogens is 560 g/mol. The van der Waals surface area contributed by atoms with E-state index in [4.69, 9.17) is 9.51 Å². The number of H-pyrrole nitrogens is 1. The maximum Gasteiger partial charge on any atom is 0.439 e. The van der Waals surface area contributed by atoms with E-state index in [1.807, 2.05) is 85.8 Å². The zero-order valence-electron chi connectivity index (χ0n) is 21.7. The molecule has 0 aliphatic rings. The summed E-state index contributed by atoms with van der Waals surface area (Å²) in [7, 11) is 0. The van der Waals surface area contributed by atoms with Gasteiger partial charge in [-0.15, -0.1) is 12.4 Å². The summed E-state index contributed by atoms with van der Waals surface area (Å²) in [5.74, 6) is 0.614. The minimum absolute atomic E-state index is 0. The number of aromatic nitrogens is 4. The van der Waals surface area contributed by atoms with Crippen LogP contribution in [0, 0.1) is 6.92 Å². The molecular formula is C29H27CaClN4O3S. The summed E-state index contributed by atoms with van der Waals surface area (Å²) in [6, 6.07) is 25.7. The van der Waals surface area contributed by atoms with E-state index in [9.17, 15) is 9.59 Å². The zero-order chi connectivity index (χ0) is 25.8. The molecule has 2 aromatic heterocycles. The topological polar surface area (TPSA) is 93.8 Å². The molecule has 0 saturated carbocycles. The van der Waals surface area contributed by atoms with Gasteiger partial charge in [0.25, 0.3) is 5.56 Å². The van der Waals surface area contributed by atoms with Gasteiger partial charge in [0.05, 0.1) is 6.54 Å². The van der Waals surface area contributed by atoms with Crippen molar-refractivity contribution in [2.24, 2.45) is 0 Å². The third-order valence-corrected chi connectivity index (χ3v) is 7.02. The first kappa shape index (κ1) is 30.9. The Morgan fingerprint density at radius 3 is 2.21 bits per heavy atom. The van der Waals surface area contributed by atoms with Crippen molar-refractivity contribution in [1.82, 2.24) is 19.7 Å². The Balaban J connectivity index is 0.00000210. The van der Waals surface area contributed by atoms with Crippen molar-refractivity contribution < 1.29 is 4.52 Å². The Morgan fingerprint density at radius 2 is 1.56 bits per heavy atom. The van der Waals surface area contributed by atoms with Crippen LogP contribution >= 0.6 is 24.2 Å². The molecule has 0 saturated heterocycles. The second-order valence-electron chi connectivity index (χ2n) is 8.63. The third-order valence-electron chi connectivity index (χ3n) is 6.16. The first-order valence-corrected chi connectivity index (χ1v) is 13.0. The molecule has 0 amide bonds. The zero-order valence-corrected chi connectivity index (χ0v) is 25.6. The number of aromatic amines is 1. The van der Waals surface area contributed by atoms with Crippen LogP contribution in [0.5, 0.6) is 0 Å². The normalized spacial score (nSPS) is 10.5. The molecule has 1 N–H and O–H groups in total. The molecule has 0 atom stereocenters. The quantitative estimate of drug-likeness (QED) is 0.150. The Bertz CT molecular complexity index is 1650. The summed E-state index contributed by atoms with van der Waals surface area (Å²) in [6.45, 7) is 4.40. The third kappa shape index (κ3) is 7.13. The van der Waals surface area contributed by atoms with Crippen molar-refractivity contribution in [3.8, 4) is 22.5 Å². The van der Waals surface area contributed by atoms with Gasteiger partial charge in [-0.3, -0.25) is 18.9 Å². The molecule has 2 heterocycles. The fraction of sp³-hybridized carbons (Fsp3) is 0.172. The smallest absolute Gasteiger partial charge is 0.296 e. The van der Waals surface area contributed by atoms with Crippen LogP contribution in [-0.2, 0) is 13.0 Å². The van der Waals surface area contributed by atoms with Gasteiger partial charge in [0.2, 0.25) is 0 Å². The number of benzene rings is 3. The van der Waals surface area contributed by atoms with Crippen LogP contribution in [0.3, 0.4) is 0 Å². The fourth-order valence-corrected chi connectivity index (χ4v) is 5.08. The summed E-state index contributed by atoms with van der Waals surface area (Å²) in [5.41, 5.74) is 6.23. The van der Waals surface area contributed by atoms with Crippen LogP contribution < -0.4 is 11.3 Å². The van der Waals surface area contributed by atoms with E-state index in [1.165, 1.54) is 0 Å². The average Bonchev–Trinajstić information content (AvgIpc) is 3.36. The van der Waals surface area contributed by atoms with E-state index < -0.39 is 5.76 Å². The predicted molar refractivity (Wildman–Crippen MR) is 159 cm³/mol. The standard InChI is InChI=1S/C29H26N4O3S.Ca.ClH/c1-3-37-28-30-19(2)25(17-20-9-5-4-6-10-20)27(34)33(28)18-21-13-15-22(16-14-21)23-11-7-8-12-24(23)26-31-29(35)36-32-26;;/h4-16H,3,17-18H2,1-2H3,(H,31,32,35);;1H. The van der Waals surface area contributed by atoms with Gasteiger partial charge in [-0.25, -0.2) is 9.78 Å². The second kappa shape index (κ2) is 14.1. The molecule has 0 unspecified atom stereocenters. The van der Waals surface area contributed by atoms with Crippen LogP contribution in [0.1, 0.15) is 29.3 Å². The molecule has 39 heavy (non-hydrogen) atoms. The second-order valence-corrected chi connectivity index (χ2v) is 9.86. The van der Waals surface area contributed by atoms with Crippen molar-refractivity contribution in [2.75, 3.05) is 5.75 Å². The van der Waals surface area contributed by atoms with E-state index in [-0.39, 0.29) is 55.7 Å². The Kier molecular flexibility index (Phi) is 11.2. The molecule has 5 rings (SSSR count). The number of halogens is 1. The minimum Gasteiger partial charge on any atom is -0.296 e. The molecule has 7 nitrogen and oxygen atoms in total. The Labute approximate surface area is 266 Å². The maximum atomic E-state index is 13.7. The molecule has 0 fully saturated rings. The molecule has 196 valence electrons. The van der Waals surface area contributed by atoms with Crippen molar-refractivity contribution in [2.45, 2.75) is 32.0 Å². The van der Waals surface area contributed by atoms with Gasteiger partial charge in [0.15, 0.2) is 11.0 Å². The molecule has 5 aromatic rings. The number of hydrogen-bond donors (Lipinski definition) is 1. The van der Waals surface area contributed by atoms with E-state index in [0.717, 1.165) is 50.0 Å². The van der Waals surface area contributed by atoms with Crippen molar-refractivity contribution in [3.05, 3.63) is 122 Å². The number of rotatable bonds is 8. The summed E-state index contributed by atoms with van der Waals surface area (Å²) >= 11 is 1.57. The summed E-state index contributed by atoms with van der Waals surface area (Å²) < 4.78 is 6.47. The van der Waals surface area contributed by atoms with Crippen LogP contribution in [0.4, 0.5) is 0 Å². The van der Waals surface area contributed by atoms with Crippen molar-refractivity contribution in [1.29, 1.82) is 0 Å². The van der Waals surface area contributed by atoms with Gasteiger partial charge >= 0.3 is 5.76 Å². The van der Waals surface area contributed by atoms with Gasteiger partial charge in [0.1, 0.15) is 0 Å². The van der Waals surface area contributed by atoms with Crippen LogP contribution in [0.25, 0.3) is 22.5 Å². The largest absolute Gasteiger partial charge is 0.439 e. The Hall–Kier alpha value is -2.62. The molecule has 10 heteroatoms. The summed E-state index contributed by atoms with van der Waals surface area (Å²) in [6.07, 6.45) is 0.551. The van der Waals surface area contributed by atoms with Crippen molar-refractivity contribution in [3.63, 3.8) is 0 Å². The molecule has 3 aromatic carbocycles. The van der Waals surface area contributed by atoms with Gasteiger partial charge < -0.3 is 0 Å². The first-order chi connectivity index (χ1) is 18.0. The van der Waals surface area contributed by atoms with Crippen LogP contribution in [0.15, 0.2) is 98.1 Å². The monoisotopic (exact) mass is 586 g/mol. The molecule has 0 aliphatic heterocycles. The minimum atomic E-state index is -0.593. The summed E-state index contributed by atoms with van der Waals surface area (Å²) in [4.78, 5) is 32.5. The van der Waals surface area contributed by atoms with E-state index in [1.54, 1.807) is 16.3 Å². The van der Waals surface area contributed by atoms with Crippen LogP contribution in [0.2, 0.25) is 0 Å². The predicted octanol–water partition coefficient (Wildman–Crippen LogP) is 5.35. The first-order valence-electron chi connectivity index (χ1n) is 12.0.